The van der Waals surface area contributed by atoms with Crippen LogP contribution in [0.2, 0.25) is 0 Å². The van der Waals surface area contributed by atoms with Crippen LogP contribution in [0.25, 0.3) is 0 Å². The van der Waals surface area contributed by atoms with E-state index in [0.29, 0.717) is 0 Å². The Morgan fingerprint density at radius 1 is 1.32 bits per heavy atom. The Morgan fingerprint density at radius 2 is 2.00 bits per heavy atom. The SMILES string of the molecule is CCCc1nn(C)c(NCC2CCC(C)CC2)c1N. The number of aromatic nitrogens is 2. The van der Waals surface area contributed by atoms with E-state index in [0.717, 1.165) is 48.4 Å². The Hall–Kier alpha value is -1.19. The highest BCUT2D eigenvalue weighted by Gasteiger charge is 2.19. The topological polar surface area (TPSA) is 55.9 Å². The van der Waals surface area contributed by atoms with Gasteiger partial charge in [0.05, 0.1) is 11.4 Å². The number of anilines is 2. The van der Waals surface area contributed by atoms with Crippen molar-refractivity contribution >= 4 is 11.5 Å². The summed E-state index contributed by atoms with van der Waals surface area (Å²) in [4.78, 5) is 0. The van der Waals surface area contributed by atoms with Crippen LogP contribution in [0, 0.1) is 11.8 Å². The molecule has 0 unspecified atom stereocenters. The van der Waals surface area contributed by atoms with Crippen LogP contribution in [0.1, 0.15) is 51.6 Å². The van der Waals surface area contributed by atoms with Crippen molar-refractivity contribution in [3.8, 4) is 0 Å². The molecule has 1 fully saturated rings. The summed E-state index contributed by atoms with van der Waals surface area (Å²) in [7, 11) is 1.97. The molecule has 1 heterocycles. The van der Waals surface area contributed by atoms with Gasteiger partial charge in [-0.15, -0.1) is 0 Å². The minimum atomic E-state index is 0.792. The number of aryl methyl sites for hydroxylation is 2. The van der Waals surface area contributed by atoms with Gasteiger partial charge in [0.15, 0.2) is 0 Å². The Kier molecular flexibility index (Phi) is 4.72. The molecule has 2 rings (SSSR count). The minimum absolute atomic E-state index is 0.792. The lowest BCUT2D eigenvalue weighted by Crippen LogP contribution is -2.21. The van der Waals surface area contributed by atoms with Crippen LogP contribution in [-0.4, -0.2) is 16.3 Å². The van der Waals surface area contributed by atoms with Crippen LogP contribution in [-0.2, 0) is 13.5 Å². The van der Waals surface area contributed by atoms with Gasteiger partial charge in [0, 0.05) is 13.6 Å². The summed E-state index contributed by atoms with van der Waals surface area (Å²) in [6.07, 6.45) is 7.47. The first-order valence-corrected chi connectivity index (χ1v) is 7.67. The number of nitrogens with one attached hydrogen (secondary N) is 1. The van der Waals surface area contributed by atoms with Crippen LogP contribution < -0.4 is 11.1 Å². The molecule has 0 bridgehead atoms. The summed E-state index contributed by atoms with van der Waals surface area (Å²) in [5.74, 6) is 2.70. The normalized spacial score (nSPS) is 23.5. The van der Waals surface area contributed by atoms with Crippen molar-refractivity contribution in [3.05, 3.63) is 5.69 Å². The maximum atomic E-state index is 6.18. The van der Waals surface area contributed by atoms with Gasteiger partial charge in [-0.2, -0.15) is 5.10 Å². The largest absolute Gasteiger partial charge is 0.394 e. The third kappa shape index (κ3) is 3.43. The van der Waals surface area contributed by atoms with Gasteiger partial charge in [-0.25, -0.2) is 0 Å². The first-order chi connectivity index (χ1) is 9.11. The lowest BCUT2D eigenvalue weighted by Gasteiger charge is -2.26. The summed E-state index contributed by atoms with van der Waals surface area (Å²) in [5, 5.41) is 8.02. The number of nitrogens with zero attached hydrogens (tertiary/aromatic N) is 2. The van der Waals surface area contributed by atoms with E-state index in [2.05, 4.69) is 24.3 Å². The van der Waals surface area contributed by atoms with E-state index in [1.165, 1.54) is 25.7 Å². The molecule has 0 amide bonds. The molecule has 1 saturated carbocycles. The highest BCUT2D eigenvalue weighted by Crippen LogP contribution is 2.29. The minimum Gasteiger partial charge on any atom is -0.394 e. The van der Waals surface area contributed by atoms with E-state index in [-0.39, 0.29) is 0 Å². The van der Waals surface area contributed by atoms with Crippen LogP contribution in [0.15, 0.2) is 0 Å². The summed E-state index contributed by atoms with van der Waals surface area (Å²) in [5.41, 5.74) is 8.06. The van der Waals surface area contributed by atoms with E-state index in [1.807, 2.05) is 11.7 Å². The molecule has 19 heavy (non-hydrogen) atoms. The zero-order valence-electron chi connectivity index (χ0n) is 12.6. The Morgan fingerprint density at radius 3 is 2.63 bits per heavy atom. The molecule has 108 valence electrons. The quantitative estimate of drug-likeness (QED) is 0.858. The molecule has 4 nitrogen and oxygen atoms in total. The van der Waals surface area contributed by atoms with Crippen molar-refractivity contribution in [1.29, 1.82) is 0 Å². The Labute approximate surface area is 116 Å². The molecule has 0 atom stereocenters. The highest BCUT2D eigenvalue weighted by molar-refractivity contribution is 5.65. The zero-order valence-corrected chi connectivity index (χ0v) is 12.6. The smallest absolute Gasteiger partial charge is 0.147 e. The van der Waals surface area contributed by atoms with Gasteiger partial charge in [-0.05, 0) is 31.1 Å². The van der Waals surface area contributed by atoms with E-state index in [1.54, 1.807) is 0 Å². The van der Waals surface area contributed by atoms with E-state index < -0.39 is 0 Å². The van der Waals surface area contributed by atoms with Gasteiger partial charge >= 0.3 is 0 Å². The Bertz CT molecular complexity index is 403. The van der Waals surface area contributed by atoms with Gasteiger partial charge in [-0.3, -0.25) is 4.68 Å². The van der Waals surface area contributed by atoms with Gasteiger partial charge in [0.2, 0.25) is 0 Å². The second-order valence-electron chi connectivity index (χ2n) is 6.09. The first kappa shape index (κ1) is 14.2. The maximum absolute atomic E-state index is 6.18. The van der Waals surface area contributed by atoms with Crippen molar-refractivity contribution in [1.82, 2.24) is 9.78 Å². The average Bonchev–Trinajstić information content (AvgIpc) is 2.65. The number of nitrogens with two attached hydrogens (primary N) is 1. The van der Waals surface area contributed by atoms with Gasteiger partial charge in [-0.1, -0.05) is 33.1 Å². The number of hydrogen-bond donors (Lipinski definition) is 2. The predicted molar refractivity (Wildman–Crippen MR) is 81.2 cm³/mol. The van der Waals surface area contributed by atoms with Gasteiger partial charge in [0.25, 0.3) is 0 Å². The number of rotatable bonds is 5. The summed E-state index contributed by atoms with van der Waals surface area (Å²) in [6, 6.07) is 0. The van der Waals surface area contributed by atoms with Crippen LogP contribution in [0.3, 0.4) is 0 Å². The molecule has 0 aliphatic heterocycles. The second kappa shape index (κ2) is 6.31. The fraction of sp³-hybridized carbons (Fsp3) is 0.800. The number of hydrogen-bond acceptors (Lipinski definition) is 3. The third-order valence-electron chi connectivity index (χ3n) is 4.34. The standard InChI is InChI=1S/C15H28N4/c1-4-5-13-14(16)15(19(3)18-13)17-10-12-8-6-11(2)7-9-12/h11-12,17H,4-10,16H2,1-3H3. The fourth-order valence-corrected chi connectivity index (χ4v) is 3.00. The molecule has 0 spiro atoms. The van der Waals surface area contributed by atoms with Crippen molar-refractivity contribution in [2.75, 3.05) is 17.6 Å². The van der Waals surface area contributed by atoms with Crippen LogP contribution in [0.4, 0.5) is 11.5 Å². The molecule has 0 aromatic carbocycles. The molecular formula is C15H28N4. The van der Waals surface area contributed by atoms with Gasteiger partial charge in [0.1, 0.15) is 5.82 Å². The molecular weight excluding hydrogens is 236 g/mol. The molecule has 1 aromatic heterocycles. The van der Waals surface area contributed by atoms with Crippen LogP contribution >= 0.6 is 0 Å². The predicted octanol–water partition coefficient (Wildman–Crippen LogP) is 3.19. The molecule has 0 radical (unpaired) electrons. The molecule has 4 heteroatoms. The second-order valence-corrected chi connectivity index (χ2v) is 6.09. The average molecular weight is 264 g/mol. The van der Waals surface area contributed by atoms with E-state index in [9.17, 15) is 0 Å². The van der Waals surface area contributed by atoms with Crippen molar-refractivity contribution in [2.24, 2.45) is 18.9 Å². The molecule has 1 aromatic rings. The monoisotopic (exact) mass is 264 g/mol. The Balaban J connectivity index is 1.92. The van der Waals surface area contributed by atoms with Crippen LogP contribution in [0.5, 0.6) is 0 Å². The highest BCUT2D eigenvalue weighted by atomic mass is 15.3. The maximum Gasteiger partial charge on any atom is 0.147 e. The molecule has 3 N–H and O–H groups in total. The summed E-state index contributed by atoms with van der Waals surface area (Å²) < 4.78 is 1.89. The fourth-order valence-electron chi connectivity index (χ4n) is 3.00. The lowest BCUT2D eigenvalue weighted by molar-refractivity contribution is 0.300. The lowest BCUT2D eigenvalue weighted by atomic mass is 9.83. The molecule has 1 aliphatic rings. The van der Waals surface area contributed by atoms with E-state index >= 15 is 0 Å². The first-order valence-electron chi connectivity index (χ1n) is 7.67. The van der Waals surface area contributed by atoms with Crippen molar-refractivity contribution in [2.45, 2.75) is 52.4 Å². The zero-order chi connectivity index (χ0) is 13.8. The third-order valence-corrected chi connectivity index (χ3v) is 4.34. The van der Waals surface area contributed by atoms with Gasteiger partial charge < -0.3 is 11.1 Å². The molecule has 0 saturated heterocycles. The molecule has 1 aliphatic carbocycles. The summed E-state index contributed by atoms with van der Waals surface area (Å²) in [6.45, 7) is 5.55. The summed E-state index contributed by atoms with van der Waals surface area (Å²) >= 11 is 0. The van der Waals surface area contributed by atoms with Crippen molar-refractivity contribution < 1.29 is 0 Å². The number of nitrogen functional groups attached to an aromatic ring is 1. The van der Waals surface area contributed by atoms with E-state index in [4.69, 9.17) is 5.73 Å². The van der Waals surface area contributed by atoms with Crippen molar-refractivity contribution in [3.63, 3.8) is 0 Å².